The van der Waals surface area contributed by atoms with E-state index in [4.69, 9.17) is 11.6 Å². The van der Waals surface area contributed by atoms with E-state index in [1.807, 2.05) is 12.1 Å². The summed E-state index contributed by atoms with van der Waals surface area (Å²) < 4.78 is 25.5. The van der Waals surface area contributed by atoms with Crippen LogP contribution in [0.3, 0.4) is 0 Å². The molecule has 0 amide bonds. The molecule has 6 nitrogen and oxygen atoms in total. The fraction of sp³-hybridized carbons (Fsp3) is 0.158. The molecule has 0 saturated carbocycles. The van der Waals surface area contributed by atoms with Crippen LogP contribution in [-0.4, -0.2) is 20.4 Å². The second kappa shape index (κ2) is 7.92. The Morgan fingerprint density at radius 1 is 1.15 bits per heavy atom. The number of hydrogen-bond acceptors (Lipinski definition) is 5. The smallest absolute Gasteiger partial charge is 0.215 e. The minimum Gasteiger partial charge on any atom is -0.379 e. The first kappa shape index (κ1) is 19.1. The van der Waals surface area contributed by atoms with Crippen LogP contribution in [0.5, 0.6) is 0 Å². The van der Waals surface area contributed by atoms with Gasteiger partial charge in [0.1, 0.15) is 6.07 Å². The van der Waals surface area contributed by atoms with Crippen LogP contribution in [0.15, 0.2) is 48.7 Å². The summed E-state index contributed by atoms with van der Waals surface area (Å²) in [6.45, 7) is 0.472. The molecular weight excluding hydrogens is 384 g/mol. The highest BCUT2D eigenvalue weighted by Gasteiger charge is 2.10. The minimum atomic E-state index is -3.30. The van der Waals surface area contributed by atoms with Gasteiger partial charge in [-0.1, -0.05) is 35.9 Å². The molecule has 1 aromatic heterocycles. The SMILES string of the molecule is CNS(=O)(=O)Cc1ccc(CNc2c(C#N)cnc3ccc(Cl)cc23)cc1. The summed E-state index contributed by atoms with van der Waals surface area (Å²) in [5.41, 5.74) is 3.50. The lowest BCUT2D eigenvalue weighted by atomic mass is 10.1. The Hall–Kier alpha value is -2.66. The maximum absolute atomic E-state index is 11.6. The lowest BCUT2D eigenvalue weighted by Gasteiger charge is -2.12. The van der Waals surface area contributed by atoms with E-state index >= 15 is 0 Å². The number of benzene rings is 2. The van der Waals surface area contributed by atoms with Gasteiger partial charge in [0.25, 0.3) is 0 Å². The minimum absolute atomic E-state index is 0.0662. The number of hydrogen-bond donors (Lipinski definition) is 2. The summed E-state index contributed by atoms with van der Waals surface area (Å²) in [4.78, 5) is 4.28. The molecule has 2 N–H and O–H groups in total. The standard InChI is InChI=1S/C19H17ClN4O2S/c1-22-27(25,26)12-14-4-2-13(3-5-14)10-24-19-15(9-21)11-23-18-7-6-16(20)8-17(18)19/h2-8,11,22H,10,12H2,1H3,(H,23,24). The van der Waals surface area contributed by atoms with Gasteiger partial charge in [0.05, 0.1) is 22.5 Å². The van der Waals surface area contributed by atoms with Crippen molar-refractivity contribution in [1.29, 1.82) is 5.26 Å². The Morgan fingerprint density at radius 3 is 2.52 bits per heavy atom. The zero-order chi connectivity index (χ0) is 19.4. The third-order valence-electron chi connectivity index (χ3n) is 4.11. The first-order valence-electron chi connectivity index (χ1n) is 8.13. The summed E-state index contributed by atoms with van der Waals surface area (Å²) in [7, 11) is -1.90. The Balaban J connectivity index is 1.83. The molecule has 0 saturated heterocycles. The largest absolute Gasteiger partial charge is 0.379 e. The van der Waals surface area contributed by atoms with Crippen LogP contribution < -0.4 is 10.0 Å². The molecule has 0 atom stereocenters. The van der Waals surface area contributed by atoms with Crippen molar-refractivity contribution in [3.63, 3.8) is 0 Å². The summed E-state index contributed by atoms with van der Waals surface area (Å²) in [6, 6.07) is 14.7. The number of halogens is 1. The van der Waals surface area contributed by atoms with Crippen molar-refractivity contribution < 1.29 is 8.42 Å². The van der Waals surface area contributed by atoms with Crippen molar-refractivity contribution in [3.05, 3.63) is 70.4 Å². The number of pyridine rings is 1. The van der Waals surface area contributed by atoms with E-state index in [0.717, 1.165) is 16.5 Å². The molecule has 0 fully saturated rings. The van der Waals surface area contributed by atoms with Crippen molar-refractivity contribution in [2.45, 2.75) is 12.3 Å². The first-order valence-corrected chi connectivity index (χ1v) is 10.2. The monoisotopic (exact) mass is 400 g/mol. The lowest BCUT2D eigenvalue weighted by molar-refractivity contribution is 0.587. The number of nitrogens with zero attached hydrogens (tertiary/aromatic N) is 2. The molecule has 0 spiro atoms. The quantitative estimate of drug-likeness (QED) is 0.661. The van der Waals surface area contributed by atoms with E-state index in [1.54, 1.807) is 30.3 Å². The van der Waals surface area contributed by atoms with Crippen LogP contribution in [0, 0.1) is 11.3 Å². The van der Waals surface area contributed by atoms with Crippen molar-refractivity contribution in [2.24, 2.45) is 0 Å². The molecule has 3 aromatic rings. The van der Waals surface area contributed by atoms with Crippen molar-refractivity contribution in [2.75, 3.05) is 12.4 Å². The first-order chi connectivity index (χ1) is 12.9. The predicted octanol–water partition coefficient (Wildman–Crippen LogP) is 3.42. The molecule has 138 valence electrons. The molecule has 27 heavy (non-hydrogen) atoms. The predicted molar refractivity (Wildman–Crippen MR) is 107 cm³/mol. The molecule has 0 aliphatic carbocycles. The normalized spacial score (nSPS) is 11.3. The number of rotatable bonds is 6. The number of aromatic nitrogens is 1. The Labute approximate surface area is 162 Å². The molecule has 2 aromatic carbocycles. The molecular formula is C19H17ClN4O2S. The van der Waals surface area contributed by atoms with E-state index in [0.29, 0.717) is 28.4 Å². The highest BCUT2D eigenvalue weighted by molar-refractivity contribution is 7.88. The van der Waals surface area contributed by atoms with E-state index in [-0.39, 0.29) is 5.75 Å². The molecule has 8 heteroatoms. The fourth-order valence-corrected chi connectivity index (χ4v) is 3.62. The molecule has 0 bridgehead atoms. The third kappa shape index (κ3) is 4.55. The molecule has 0 aliphatic heterocycles. The van der Waals surface area contributed by atoms with Crippen LogP contribution in [0.2, 0.25) is 5.02 Å². The van der Waals surface area contributed by atoms with E-state index in [1.165, 1.54) is 13.2 Å². The van der Waals surface area contributed by atoms with Gasteiger partial charge < -0.3 is 5.32 Å². The molecule has 1 heterocycles. The van der Waals surface area contributed by atoms with Gasteiger partial charge in [-0.05, 0) is 36.4 Å². The summed E-state index contributed by atoms with van der Waals surface area (Å²) >= 11 is 6.09. The summed E-state index contributed by atoms with van der Waals surface area (Å²) in [5, 5.41) is 14.0. The summed E-state index contributed by atoms with van der Waals surface area (Å²) in [6.07, 6.45) is 1.53. The van der Waals surface area contributed by atoms with Gasteiger partial charge in [-0.15, -0.1) is 0 Å². The van der Waals surface area contributed by atoms with E-state index < -0.39 is 10.0 Å². The third-order valence-corrected chi connectivity index (χ3v) is 5.68. The van der Waals surface area contributed by atoms with Gasteiger partial charge in [0, 0.05) is 23.2 Å². The number of anilines is 1. The molecule has 3 rings (SSSR count). The van der Waals surface area contributed by atoms with E-state index in [2.05, 4.69) is 21.1 Å². The zero-order valence-electron chi connectivity index (χ0n) is 14.5. The molecule has 0 unspecified atom stereocenters. The number of nitrogens with one attached hydrogen (secondary N) is 2. The lowest BCUT2D eigenvalue weighted by Crippen LogP contribution is -2.20. The van der Waals surface area contributed by atoms with Crippen LogP contribution in [0.1, 0.15) is 16.7 Å². The highest BCUT2D eigenvalue weighted by Crippen LogP contribution is 2.28. The van der Waals surface area contributed by atoms with Crippen LogP contribution in [0.25, 0.3) is 10.9 Å². The van der Waals surface area contributed by atoms with Gasteiger partial charge in [0.2, 0.25) is 10.0 Å². The Bertz CT molecular complexity index is 1120. The van der Waals surface area contributed by atoms with Crippen molar-refractivity contribution in [1.82, 2.24) is 9.71 Å². The van der Waals surface area contributed by atoms with Crippen molar-refractivity contribution >= 4 is 38.2 Å². The topological polar surface area (TPSA) is 94.9 Å². The Morgan fingerprint density at radius 2 is 1.85 bits per heavy atom. The van der Waals surface area contributed by atoms with E-state index in [9.17, 15) is 13.7 Å². The van der Waals surface area contributed by atoms with Gasteiger partial charge >= 0.3 is 0 Å². The second-order valence-electron chi connectivity index (χ2n) is 5.95. The van der Waals surface area contributed by atoms with Crippen LogP contribution in [0.4, 0.5) is 5.69 Å². The Kier molecular flexibility index (Phi) is 5.61. The van der Waals surface area contributed by atoms with Gasteiger partial charge in [-0.2, -0.15) is 5.26 Å². The number of fused-ring (bicyclic) bond motifs is 1. The zero-order valence-corrected chi connectivity index (χ0v) is 16.1. The number of sulfonamides is 1. The highest BCUT2D eigenvalue weighted by atomic mass is 35.5. The average molecular weight is 401 g/mol. The summed E-state index contributed by atoms with van der Waals surface area (Å²) in [5.74, 6) is -0.0662. The van der Waals surface area contributed by atoms with Gasteiger partial charge in [-0.3, -0.25) is 4.98 Å². The number of nitriles is 1. The maximum Gasteiger partial charge on any atom is 0.215 e. The average Bonchev–Trinajstić information content (AvgIpc) is 2.67. The van der Waals surface area contributed by atoms with Crippen molar-refractivity contribution in [3.8, 4) is 6.07 Å². The van der Waals surface area contributed by atoms with Crippen LogP contribution >= 0.6 is 11.6 Å². The van der Waals surface area contributed by atoms with Crippen LogP contribution in [-0.2, 0) is 22.3 Å². The van der Waals surface area contributed by atoms with Gasteiger partial charge in [-0.25, -0.2) is 13.1 Å². The molecule has 0 radical (unpaired) electrons. The maximum atomic E-state index is 11.6. The second-order valence-corrected chi connectivity index (χ2v) is 8.32. The van der Waals surface area contributed by atoms with Gasteiger partial charge in [0.15, 0.2) is 0 Å². The molecule has 0 aliphatic rings. The fourth-order valence-electron chi connectivity index (χ4n) is 2.68.